The van der Waals surface area contributed by atoms with Gasteiger partial charge in [0.05, 0.1) is 7.11 Å². The zero-order valence-electron chi connectivity index (χ0n) is 10.5. The quantitative estimate of drug-likeness (QED) is 0.536. The van der Waals surface area contributed by atoms with E-state index in [0.29, 0.717) is 5.92 Å². The van der Waals surface area contributed by atoms with E-state index in [-0.39, 0.29) is 0 Å². The van der Waals surface area contributed by atoms with E-state index < -0.39 is 8.32 Å². The fourth-order valence-corrected chi connectivity index (χ4v) is 2.69. The summed E-state index contributed by atoms with van der Waals surface area (Å²) in [6, 6.07) is 0. The van der Waals surface area contributed by atoms with Crippen LogP contribution in [0.2, 0.25) is 19.6 Å². The van der Waals surface area contributed by atoms with E-state index in [0.717, 1.165) is 5.95 Å². The van der Waals surface area contributed by atoms with E-state index in [1.165, 1.54) is 32.1 Å². The summed E-state index contributed by atoms with van der Waals surface area (Å²) in [6.45, 7) is 6.54. The normalized spacial score (nSPS) is 20.1. The Hall–Kier alpha value is -0.443. The molecule has 0 N–H and O–H groups in total. The van der Waals surface area contributed by atoms with Crippen LogP contribution in [0.25, 0.3) is 0 Å². The molecule has 0 aromatic carbocycles. The molecule has 0 aromatic heterocycles. The van der Waals surface area contributed by atoms with E-state index in [9.17, 15) is 0 Å². The van der Waals surface area contributed by atoms with Gasteiger partial charge < -0.3 is 9.16 Å². The van der Waals surface area contributed by atoms with Gasteiger partial charge in [-0.3, -0.25) is 0 Å². The first-order valence-electron chi connectivity index (χ1n) is 5.96. The molecule has 2 nitrogen and oxygen atoms in total. The number of hydrogen-bond donors (Lipinski definition) is 0. The molecule has 0 atom stereocenters. The van der Waals surface area contributed by atoms with E-state index >= 15 is 0 Å². The second-order valence-electron chi connectivity index (χ2n) is 5.30. The Morgan fingerprint density at radius 1 is 1.13 bits per heavy atom. The minimum absolute atomic E-state index is 0.671. The molecule has 1 rings (SSSR count). The third-order valence-electron chi connectivity index (χ3n) is 2.63. The average molecular weight is 228 g/mol. The highest BCUT2D eigenvalue weighted by atomic mass is 28.4. The first-order valence-corrected chi connectivity index (χ1v) is 9.37. The van der Waals surface area contributed by atoms with Crippen LogP contribution >= 0.6 is 0 Å². The van der Waals surface area contributed by atoms with Gasteiger partial charge >= 0.3 is 0 Å². The van der Waals surface area contributed by atoms with Crippen molar-refractivity contribution in [1.29, 1.82) is 0 Å². The van der Waals surface area contributed by atoms with Gasteiger partial charge in [-0.05, 0) is 44.5 Å². The van der Waals surface area contributed by atoms with Crippen LogP contribution in [-0.2, 0) is 9.16 Å². The van der Waals surface area contributed by atoms with Crippen molar-refractivity contribution >= 4 is 8.32 Å². The lowest BCUT2D eigenvalue weighted by atomic mass is 9.89. The maximum atomic E-state index is 5.87. The van der Waals surface area contributed by atoms with Crippen LogP contribution in [0.1, 0.15) is 32.1 Å². The second kappa shape index (κ2) is 5.59. The van der Waals surface area contributed by atoms with Gasteiger partial charge in [-0.1, -0.05) is 19.3 Å². The Bertz CT molecular complexity index is 212. The van der Waals surface area contributed by atoms with Crippen molar-refractivity contribution in [2.75, 3.05) is 7.11 Å². The minimum Gasteiger partial charge on any atom is -0.520 e. The summed E-state index contributed by atoms with van der Waals surface area (Å²) in [5, 5.41) is 0. The van der Waals surface area contributed by atoms with Crippen molar-refractivity contribution in [2.24, 2.45) is 5.92 Å². The van der Waals surface area contributed by atoms with Gasteiger partial charge in [0.25, 0.3) is 5.95 Å². The molecule has 88 valence electrons. The Balaban J connectivity index is 2.51. The van der Waals surface area contributed by atoms with Gasteiger partial charge in [-0.15, -0.1) is 0 Å². The standard InChI is InChI=1S/C12H24O2Si/c1-13-12(14-15(2,3)4)10-11-8-6-5-7-9-11/h10-11H,5-9H2,1-4H3/b12-10+. The molecule has 1 aliphatic carbocycles. The molecular formula is C12H24O2Si. The molecular weight excluding hydrogens is 204 g/mol. The summed E-state index contributed by atoms with van der Waals surface area (Å²) in [5.74, 6) is 1.42. The topological polar surface area (TPSA) is 18.5 Å². The van der Waals surface area contributed by atoms with E-state index in [1.54, 1.807) is 7.11 Å². The second-order valence-corrected chi connectivity index (χ2v) is 9.73. The summed E-state index contributed by atoms with van der Waals surface area (Å²) in [4.78, 5) is 0. The molecule has 0 unspecified atom stereocenters. The van der Waals surface area contributed by atoms with Crippen LogP contribution < -0.4 is 0 Å². The minimum atomic E-state index is -1.52. The maximum absolute atomic E-state index is 5.87. The summed E-state index contributed by atoms with van der Waals surface area (Å²) in [6.07, 6.45) is 8.87. The number of methoxy groups -OCH3 is 1. The molecule has 0 aliphatic heterocycles. The largest absolute Gasteiger partial charge is 0.520 e. The lowest BCUT2D eigenvalue weighted by Crippen LogP contribution is -2.25. The van der Waals surface area contributed by atoms with Crippen molar-refractivity contribution in [1.82, 2.24) is 0 Å². The number of hydrogen-bond acceptors (Lipinski definition) is 2. The molecule has 0 saturated heterocycles. The molecule has 0 heterocycles. The smallest absolute Gasteiger partial charge is 0.261 e. The molecule has 0 amide bonds. The van der Waals surface area contributed by atoms with Crippen molar-refractivity contribution in [3.63, 3.8) is 0 Å². The lowest BCUT2D eigenvalue weighted by Gasteiger charge is -2.23. The fourth-order valence-electron chi connectivity index (χ4n) is 1.94. The van der Waals surface area contributed by atoms with Crippen LogP contribution in [0.15, 0.2) is 12.0 Å². The van der Waals surface area contributed by atoms with E-state index in [2.05, 4.69) is 25.7 Å². The van der Waals surface area contributed by atoms with Gasteiger partial charge in [-0.25, -0.2) is 0 Å². The fraction of sp³-hybridized carbons (Fsp3) is 0.833. The van der Waals surface area contributed by atoms with Gasteiger partial charge in [0, 0.05) is 0 Å². The zero-order valence-corrected chi connectivity index (χ0v) is 11.5. The first kappa shape index (κ1) is 12.6. The van der Waals surface area contributed by atoms with E-state index in [1.807, 2.05) is 0 Å². The van der Waals surface area contributed by atoms with Crippen molar-refractivity contribution in [3.05, 3.63) is 12.0 Å². The predicted molar refractivity (Wildman–Crippen MR) is 66.1 cm³/mol. The Morgan fingerprint density at radius 3 is 2.20 bits per heavy atom. The molecule has 3 heteroatoms. The summed E-state index contributed by atoms with van der Waals surface area (Å²) < 4.78 is 11.2. The van der Waals surface area contributed by atoms with Gasteiger partial charge in [-0.2, -0.15) is 0 Å². The summed E-state index contributed by atoms with van der Waals surface area (Å²) in [7, 11) is 0.184. The summed E-state index contributed by atoms with van der Waals surface area (Å²) in [5.41, 5.74) is 0. The summed E-state index contributed by atoms with van der Waals surface area (Å²) >= 11 is 0. The Morgan fingerprint density at radius 2 is 1.73 bits per heavy atom. The van der Waals surface area contributed by atoms with Crippen LogP contribution in [0, 0.1) is 5.92 Å². The molecule has 0 spiro atoms. The molecule has 15 heavy (non-hydrogen) atoms. The Labute approximate surface area is 94.8 Å². The zero-order chi connectivity index (χ0) is 11.3. The van der Waals surface area contributed by atoms with Crippen molar-refractivity contribution in [3.8, 4) is 0 Å². The molecule has 1 aliphatic rings. The highest BCUT2D eigenvalue weighted by molar-refractivity contribution is 6.69. The van der Waals surface area contributed by atoms with Gasteiger partial charge in [0.2, 0.25) is 8.32 Å². The average Bonchev–Trinajstić information content (AvgIpc) is 2.16. The molecule has 0 radical (unpaired) electrons. The molecule has 1 fully saturated rings. The first-order chi connectivity index (χ1) is 7.01. The lowest BCUT2D eigenvalue weighted by molar-refractivity contribution is 0.142. The number of rotatable bonds is 4. The number of allylic oxidation sites excluding steroid dienone is 1. The molecule has 1 saturated carbocycles. The van der Waals surface area contributed by atoms with Crippen molar-refractivity contribution < 1.29 is 9.16 Å². The number of ether oxygens (including phenoxy) is 1. The van der Waals surface area contributed by atoms with Gasteiger partial charge in [0.15, 0.2) is 0 Å². The SMILES string of the molecule is CO/C(=C\C1CCCCC1)O[Si](C)(C)C. The monoisotopic (exact) mass is 228 g/mol. The maximum Gasteiger partial charge on any atom is 0.261 e. The third-order valence-corrected chi connectivity index (χ3v) is 3.44. The van der Waals surface area contributed by atoms with Gasteiger partial charge in [0.1, 0.15) is 0 Å². The third kappa shape index (κ3) is 5.26. The predicted octanol–water partition coefficient (Wildman–Crippen LogP) is 3.91. The Kier molecular flexibility index (Phi) is 4.70. The van der Waals surface area contributed by atoms with E-state index in [4.69, 9.17) is 9.16 Å². The van der Waals surface area contributed by atoms with Crippen LogP contribution in [-0.4, -0.2) is 15.4 Å². The molecule has 0 bridgehead atoms. The van der Waals surface area contributed by atoms with Crippen LogP contribution in [0.4, 0.5) is 0 Å². The van der Waals surface area contributed by atoms with Crippen molar-refractivity contribution in [2.45, 2.75) is 51.7 Å². The van der Waals surface area contributed by atoms with Crippen LogP contribution in [0.3, 0.4) is 0 Å². The van der Waals surface area contributed by atoms with Crippen LogP contribution in [0.5, 0.6) is 0 Å². The highest BCUT2D eigenvalue weighted by Crippen LogP contribution is 2.26. The molecule has 0 aromatic rings. The highest BCUT2D eigenvalue weighted by Gasteiger charge is 2.20.